The van der Waals surface area contributed by atoms with Crippen LogP contribution in [0.5, 0.6) is 11.6 Å². The third kappa shape index (κ3) is 6.34. The molecule has 1 saturated heterocycles. The van der Waals surface area contributed by atoms with E-state index in [-0.39, 0.29) is 12.1 Å². The minimum atomic E-state index is -0.538. The van der Waals surface area contributed by atoms with Crippen LogP contribution in [0.25, 0.3) is 27.7 Å². The Morgan fingerprint density at radius 3 is 2.64 bits per heavy atom. The zero-order valence-electron chi connectivity index (χ0n) is 25.7. The lowest BCUT2D eigenvalue weighted by Crippen LogP contribution is -2.47. The van der Waals surface area contributed by atoms with Gasteiger partial charge in [0.25, 0.3) is 0 Å². The number of carbonyl (C=O) groups excluding carboxylic acids is 1. The molecule has 1 atom stereocenters. The van der Waals surface area contributed by atoms with Crippen molar-refractivity contribution in [3.8, 4) is 28.6 Å². The van der Waals surface area contributed by atoms with Gasteiger partial charge in [-0.25, -0.2) is 24.4 Å². The summed E-state index contributed by atoms with van der Waals surface area (Å²) >= 11 is 0. The Morgan fingerprint density at radius 2 is 1.84 bits per heavy atom. The molecular weight excluding hydrogens is 554 g/mol. The number of aryl methyl sites for hydroxylation is 2. The number of amides is 1. The fraction of sp³-hybridized carbons (Fsp3) is 0.324. The van der Waals surface area contributed by atoms with Crippen LogP contribution >= 0.6 is 0 Å². The van der Waals surface area contributed by atoms with Crippen LogP contribution in [0.4, 0.5) is 10.7 Å². The van der Waals surface area contributed by atoms with Crippen LogP contribution in [0.1, 0.15) is 44.9 Å². The zero-order chi connectivity index (χ0) is 30.8. The molecule has 0 bridgehead atoms. The van der Waals surface area contributed by atoms with E-state index in [0.29, 0.717) is 30.6 Å². The summed E-state index contributed by atoms with van der Waals surface area (Å²) in [7, 11) is 0. The molecule has 5 aromatic rings. The second-order valence-corrected chi connectivity index (χ2v) is 12.1. The van der Waals surface area contributed by atoms with E-state index in [1.807, 2.05) is 75.8 Å². The van der Waals surface area contributed by atoms with Crippen molar-refractivity contribution >= 4 is 22.8 Å². The van der Waals surface area contributed by atoms with E-state index >= 15 is 0 Å². The summed E-state index contributed by atoms with van der Waals surface area (Å²) < 4.78 is 14.1. The van der Waals surface area contributed by atoms with E-state index < -0.39 is 5.60 Å². The number of benzene rings is 2. The van der Waals surface area contributed by atoms with Crippen molar-refractivity contribution in [2.45, 2.75) is 59.1 Å². The summed E-state index contributed by atoms with van der Waals surface area (Å²) in [4.78, 5) is 28.3. The van der Waals surface area contributed by atoms with Crippen LogP contribution in [-0.4, -0.2) is 60.5 Å². The third-order valence-corrected chi connectivity index (χ3v) is 7.46. The number of likely N-dealkylation sites (tertiary alicyclic amines) is 1. The second kappa shape index (κ2) is 11.9. The average Bonchev–Trinajstić information content (AvgIpc) is 3.44. The van der Waals surface area contributed by atoms with Gasteiger partial charge < -0.3 is 19.7 Å². The Labute approximate surface area is 257 Å². The second-order valence-electron chi connectivity index (χ2n) is 12.1. The maximum absolute atomic E-state index is 12.7. The highest BCUT2D eigenvalue weighted by atomic mass is 16.6. The van der Waals surface area contributed by atoms with Gasteiger partial charge in [-0.2, -0.15) is 5.10 Å². The molecule has 1 unspecified atom stereocenters. The van der Waals surface area contributed by atoms with Crippen molar-refractivity contribution in [3.63, 3.8) is 0 Å². The number of nitrogens with zero attached hydrogens (tertiary/aromatic N) is 6. The molecule has 4 heterocycles. The number of carbonyl (C=O) groups is 1. The number of anilines is 1. The molecule has 1 amide bonds. The highest BCUT2D eigenvalue weighted by Gasteiger charge is 2.28. The number of ether oxygens (including phenoxy) is 2. The Balaban J connectivity index is 1.26. The quantitative estimate of drug-likeness (QED) is 0.223. The van der Waals surface area contributed by atoms with Gasteiger partial charge in [0.2, 0.25) is 11.8 Å². The molecule has 1 N–H and O–H groups in total. The highest BCUT2D eigenvalue weighted by molar-refractivity contribution is 5.95. The average molecular weight is 592 g/mol. The maximum Gasteiger partial charge on any atom is 0.410 e. The molecule has 1 aliphatic heterocycles. The first-order valence-electron chi connectivity index (χ1n) is 14.9. The van der Waals surface area contributed by atoms with Gasteiger partial charge in [0, 0.05) is 48.5 Å². The lowest BCUT2D eigenvalue weighted by molar-refractivity contribution is 0.0206. The van der Waals surface area contributed by atoms with E-state index in [1.54, 1.807) is 17.3 Å². The lowest BCUT2D eigenvalue weighted by Gasteiger charge is -2.34. The number of rotatable bonds is 6. The van der Waals surface area contributed by atoms with Crippen LogP contribution in [0.15, 0.2) is 73.2 Å². The number of pyridine rings is 1. The predicted molar refractivity (Wildman–Crippen MR) is 170 cm³/mol. The van der Waals surface area contributed by atoms with Crippen LogP contribution in [0.2, 0.25) is 0 Å². The molecule has 10 heteroatoms. The number of aromatic nitrogens is 5. The molecule has 0 spiro atoms. The fourth-order valence-corrected chi connectivity index (χ4v) is 5.42. The summed E-state index contributed by atoms with van der Waals surface area (Å²) in [6.07, 6.45) is 6.86. The first kappa shape index (κ1) is 29.1. The molecular formula is C34H37N7O3. The zero-order valence-corrected chi connectivity index (χ0v) is 25.7. The Morgan fingerprint density at radius 1 is 0.977 bits per heavy atom. The normalized spacial score (nSPS) is 15.3. The van der Waals surface area contributed by atoms with Crippen molar-refractivity contribution in [1.29, 1.82) is 0 Å². The monoisotopic (exact) mass is 591 g/mol. The van der Waals surface area contributed by atoms with Gasteiger partial charge in [-0.15, -0.1) is 0 Å². The molecule has 10 nitrogen and oxygen atoms in total. The minimum Gasteiger partial charge on any atom is -0.444 e. The maximum atomic E-state index is 12.7. The van der Waals surface area contributed by atoms with Crippen molar-refractivity contribution in [2.24, 2.45) is 0 Å². The predicted octanol–water partition coefficient (Wildman–Crippen LogP) is 7.10. The molecule has 1 fully saturated rings. The first-order chi connectivity index (χ1) is 21.1. The summed E-state index contributed by atoms with van der Waals surface area (Å²) in [5.74, 6) is 1.65. The highest BCUT2D eigenvalue weighted by Crippen LogP contribution is 2.38. The van der Waals surface area contributed by atoms with E-state index in [0.717, 1.165) is 51.9 Å². The molecule has 3 aromatic heterocycles. The molecule has 0 radical (unpaired) electrons. The van der Waals surface area contributed by atoms with Gasteiger partial charge in [0.15, 0.2) is 0 Å². The summed E-state index contributed by atoms with van der Waals surface area (Å²) in [5, 5.41) is 10.0. The molecule has 0 saturated carbocycles. The molecule has 6 rings (SSSR count). The van der Waals surface area contributed by atoms with Crippen molar-refractivity contribution in [2.75, 3.05) is 18.4 Å². The number of fused-ring (bicyclic) bond motifs is 1. The van der Waals surface area contributed by atoms with Gasteiger partial charge in [-0.3, -0.25) is 0 Å². The van der Waals surface area contributed by atoms with Crippen LogP contribution in [0, 0.1) is 13.8 Å². The molecule has 44 heavy (non-hydrogen) atoms. The number of hydrogen-bond acceptors (Lipinski definition) is 8. The van der Waals surface area contributed by atoms with Crippen LogP contribution < -0.4 is 10.1 Å². The fourth-order valence-electron chi connectivity index (χ4n) is 5.42. The van der Waals surface area contributed by atoms with Gasteiger partial charge in [0.05, 0.1) is 22.6 Å². The number of nitrogens with one attached hydrogen (secondary N) is 1. The largest absolute Gasteiger partial charge is 0.444 e. The Kier molecular flexibility index (Phi) is 7.90. The first-order valence-corrected chi connectivity index (χ1v) is 14.9. The Hall–Kier alpha value is -4.99. The molecule has 0 aliphatic carbocycles. The SMILES string of the molecule is Cc1ccn(-c2cccc3c(Oc4ncccc4-c4ccnc(NC5CCCN(C(=O)OC(C)(C)C)C5)n4)c(C)ccc23)n1. The number of hydrogen-bond donors (Lipinski definition) is 1. The third-order valence-electron chi connectivity index (χ3n) is 7.46. The molecule has 1 aliphatic rings. The van der Waals surface area contributed by atoms with E-state index in [9.17, 15) is 4.79 Å². The smallest absolute Gasteiger partial charge is 0.410 e. The lowest BCUT2D eigenvalue weighted by atomic mass is 10.0. The summed E-state index contributed by atoms with van der Waals surface area (Å²) in [5.41, 5.74) is 3.79. The molecule has 226 valence electrons. The van der Waals surface area contributed by atoms with Gasteiger partial charge in [-0.1, -0.05) is 24.3 Å². The number of piperidine rings is 1. The van der Waals surface area contributed by atoms with Gasteiger partial charge in [0.1, 0.15) is 11.4 Å². The van der Waals surface area contributed by atoms with Gasteiger partial charge in [-0.05, 0) is 83.4 Å². The summed E-state index contributed by atoms with van der Waals surface area (Å²) in [6.45, 7) is 10.8. The van der Waals surface area contributed by atoms with Crippen molar-refractivity contribution in [1.82, 2.24) is 29.6 Å². The van der Waals surface area contributed by atoms with Crippen molar-refractivity contribution < 1.29 is 14.3 Å². The summed E-state index contributed by atoms with van der Waals surface area (Å²) in [6, 6.07) is 17.9. The minimum absolute atomic E-state index is 0.00207. The van der Waals surface area contributed by atoms with E-state index in [4.69, 9.17) is 14.5 Å². The molecule has 2 aromatic carbocycles. The van der Waals surface area contributed by atoms with Crippen LogP contribution in [-0.2, 0) is 4.74 Å². The van der Waals surface area contributed by atoms with E-state index in [1.165, 1.54) is 0 Å². The van der Waals surface area contributed by atoms with E-state index in [2.05, 4.69) is 44.6 Å². The van der Waals surface area contributed by atoms with Gasteiger partial charge >= 0.3 is 6.09 Å². The van der Waals surface area contributed by atoms with Crippen molar-refractivity contribution in [3.05, 3.63) is 84.4 Å². The topological polar surface area (TPSA) is 107 Å². The van der Waals surface area contributed by atoms with Crippen LogP contribution in [0.3, 0.4) is 0 Å². The Bertz CT molecular complexity index is 1810. The standard InChI is InChI=1S/C34H37N7O3/c1-22-13-14-25-26(10-6-12-29(25)41-20-16-23(2)39-41)30(22)43-31-27(11-7-17-35-31)28-15-18-36-32(38-28)37-24-9-8-19-40(21-24)33(42)44-34(3,4)5/h6-7,10-18,20,24H,8-9,19,21H2,1-5H3,(H,36,37,38).